The van der Waals surface area contributed by atoms with Gasteiger partial charge in [0.05, 0.1) is 12.1 Å². The van der Waals surface area contributed by atoms with Crippen LogP contribution in [0.5, 0.6) is 17.2 Å². The molecule has 2 aliphatic rings. The van der Waals surface area contributed by atoms with Crippen molar-refractivity contribution in [2.45, 2.75) is 32.2 Å². The SMILES string of the molecule is Cc1cccc2c(-c3cccc(OCCCN4C(=O)NC(C)(c5ccc6c(c5)OCCO6)C4=O)c3)c(Cc3ccccc3)cnc12. The van der Waals surface area contributed by atoms with Crippen LogP contribution in [0, 0.1) is 6.92 Å². The lowest BCUT2D eigenvalue weighted by Crippen LogP contribution is -2.41. The van der Waals surface area contributed by atoms with E-state index in [0.29, 0.717) is 43.3 Å². The molecule has 8 heteroatoms. The van der Waals surface area contributed by atoms with Crippen LogP contribution in [0.4, 0.5) is 4.79 Å². The van der Waals surface area contributed by atoms with Gasteiger partial charge in [-0.3, -0.25) is 14.7 Å². The van der Waals surface area contributed by atoms with E-state index in [1.54, 1.807) is 25.1 Å². The molecule has 46 heavy (non-hydrogen) atoms. The number of aromatic nitrogens is 1. The first-order chi connectivity index (χ1) is 22.4. The van der Waals surface area contributed by atoms with Crippen molar-refractivity contribution in [3.05, 3.63) is 119 Å². The van der Waals surface area contributed by atoms with Gasteiger partial charge in [0.15, 0.2) is 11.5 Å². The summed E-state index contributed by atoms with van der Waals surface area (Å²) in [6.07, 6.45) is 3.23. The van der Waals surface area contributed by atoms with Crippen LogP contribution in [-0.2, 0) is 16.8 Å². The third kappa shape index (κ3) is 5.51. The summed E-state index contributed by atoms with van der Waals surface area (Å²) < 4.78 is 17.5. The Bertz CT molecular complexity index is 1940. The number of fused-ring (bicyclic) bond motifs is 2. The number of urea groups is 1. The Morgan fingerprint density at radius 2 is 1.72 bits per heavy atom. The molecule has 3 heterocycles. The van der Waals surface area contributed by atoms with E-state index >= 15 is 0 Å². The highest BCUT2D eigenvalue weighted by Gasteiger charge is 2.49. The van der Waals surface area contributed by atoms with Crippen molar-refractivity contribution in [2.24, 2.45) is 0 Å². The number of imide groups is 1. The average Bonchev–Trinajstić information content (AvgIpc) is 3.30. The quantitative estimate of drug-likeness (QED) is 0.145. The molecule has 1 unspecified atom stereocenters. The molecule has 1 saturated heterocycles. The second kappa shape index (κ2) is 12.2. The number of nitrogens with zero attached hydrogens (tertiary/aromatic N) is 2. The standard InChI is InChI=1S/C38H35N3O5/c1-25-9-6-14-31-34(28(24-39-35(25)31)21-26-10-4-3-5-11-26)27-12-7-13-30(22-27)44-18-8-17-41-36(42)38(2,40-37(41)43)29-15-16-32-33(23-29)46-20-19-45-32/h3-7,9-16,22-24H,8,17-21H2,1-2H3,(H,40,43). The Hall–Kier alpha value is -5.37. The summed E-state index contributed by atoms with van der Waals surface area (Å²) in [7, 11) is 0. The number of para-hydroxylation sites is 1. The predicted octanol–water partition coefficient (Wildman–Crippen LogP) is 6.81. The van der Waals surface area contributed by atoms with Crippen molar-refractivity contribution in [1.29, 1.82) is 0 Å². The van der Waals surface area contributed by atoms with Crippen LogP contribution in [0.2, 0.25) is 0 Å². The van der Waals surface area contributed by atoms with E-state index in [4.69, 9.17) is 19.2 Å². The zero-order valence-corrected chi connectivity index (χ0v) is 25.9. The van der Waals surface area contributed by atoms with Crippen molar-refractivity contribution >= 4 is 22.8 Å². The van der Waals surface area contributed by atoms with Gasteiger partial charge in [-0.1, -0.05) is 66.7 Å². The van der Waals surface area contributed by atoms with Gasteiger partial charge < -0.3 is 19.5 Å². The maximum Gasteiger partial charge on any atom is 0.325 e. The molecule has 0 saturated carbocycles. The monoisotopic (exact) mass is 613 g/mol. The maximum atomic E-state index is 13.5. The zero-order chi connectivity index (χ0) is 31.7. The van der Waals surface area contributed by atoms with Gasteiger partial charge in [-0.2, -0.15) is 0 Å². The number of nitrogens with one attached hydrogen (secondary N) is 1. The minimum Gasteiger partial charge on any atom is -0.494 e. The Morgan fingerprint density at radius 1 is 0.913 bits per heavy atom. The molecule has 3 amide bonds. The Kier molecular flexibility index (Phi) is 7.78. The van der Waals surface area contributed by atoms with Crippen LogP contribution >= 0.6 is 0 Å². The Labute approximate surface area is 267 Å². The molecule has 0 radical (unpaired) electrons. The number of pyridine rings is 1. The van der Waals surface area contributed by atoms with E-state index in [-0.39, 0.29) is 12.5 Å². The van der Waals surface area contributed by atoms with Gasteiger partial charge in [0.25, 0.3) is 5.91 Å². The van der Waals surface area contributed by atoms with Crippen LogP contribution in [-0.4, -0.2) is 48.2 Å². The summed E-state index contributed by atoms with van der Waals surface area (Å²) >= 11 is 0. The van der Waals surface area contributed by atoms with Crippen LogP contribution in [0.1, 0.15) is 35.6 Å². The van der Waals surface area contributed by atoms with Gasteiger partial charge in [0.2, 0.25) is 0 Å². The van der Waals surface area contributed by atoms with Crippen molar-refractivity contribution in [3.8, 4) is 28.4 Å². The minimum atomic E-state index is -1.19. The lowest BCUT2D eigenvalue weighted by atomic mass is 9.91. The predicted molar refractivity (Wildman–Crippen MR) is 176 cm³/mol. The third-order valence-corrected chi connectivity index (χ3v) is 8.73. The third-order valence-electron chi connectivity index (χ3n) is 8.73. The first kappa shape index (κ1) is 29.3. The van der Waals surface area contributed by atoms with E-state index in [1.807, 2.05) is 24.4 Å². The molecule has 5 aromatic rings. The van der Waals surface area contributed by atoms with Crippen molar-refractivity contribution in [1.82, 2.24) is 15.2 Å². The lowest BCUT2D eigenvalue weighted by Gasteiger charge is -2.25. The fourth-order valence-corrected chi connectivity index (χ4v) is 6.31. The van der Waals surface area contributed by atoms with Gasteiger partial charge in [-0.05, 0) is 84.3 Å². The molecule has 8 nitrogen and oxygen atoms in total. The topological polar surface area (TPSA) is 90.0 Å². The molecule has 1 N–H and O–H groups in total. The molecular weight excluding hydrogens is 578 g/mol. The summed E-state index contributed by atoms with van der Waals surface area (Å²) in [5.74, 6) is 1.62. The number of carbonyl (C=O) groups excluding carboxylic acids is 2. The second-order valence-corrected chi connectivity index (χ2v) is 11.9. The fourth-order valence-electron chi connectivity index (χ4n) is 6.31. The van der Waals surface area contributed by atoms with E-state index in [2.05, 4.69) is 66.8 Å². The van der Waals surface area contributed by atoms with Crippen LogP contribution in [0.15, 0.2) is 97.2 Å². The van der Waals surface area contributed by atoms with Crippen molar-refractivity contribution < 1.29 is 23.8 Å². The van der Waals surface area contributed by atoms with Crippen LogP contribution in [0.3, 0.4) is 0 Å². The highest BCUT2D eigenvalue weighted by Crippen LogP contribution is 2.38. The molecular formula is C38H35N3O5. The normalized spacial score (nSPS) is 17.3. The average molecular weight is 614 g/mol. The first-order valence-corrected chi connectivity index (χ1v) is 15.6. The van der Waals surface area contributed by atoms with Gasteiger partial charge in [0, 0.05) is 18.1 Å². The molecule has 232 valence electrons. The molecule has 1 atom stereocenters. The Balaban J connectivity index is 1.06. The number of hydrogen-bond acceptors (Lipinski definition) is 6. The highest BCUT2D eigenvalue weighted by molar-refractivity contribution is 6.07. The molecule has 4 aromatic carbocycles. The van der Waals surface area contributed by atoms with E-state index < -0.39 is 11.6 Å². The summed E-state index contributed by atoms with van der Waals surface area (Å²) in [5.41, 5.74) is 6.12. The van der Waals surface area contributed by atoms with Gasteiger partial charge in [-0.25, -0.2) is 4.79 Å². The molecule has 0 aliphatic carbocycles. The summed E-state index contributed by atoms with van der Waals surface area (Å²) in [6, 6.07) is 29.7. The van der Waals surface area contributed by atoms with E-state index in [1.165, 1.54) is 10.5 Å². The number of ether oxygens (including phenoxy) is 3. The van der Waals surface area contributed by atoms with E-state index in [0.717, 1.165) is 45.3 Å². The number of amides is 3. The van der Waals surface area contributed by atoms with Crippen molar-refractivity contribution in [3.63, 3.8) is 0 Å². The summed E-state index contributed by atoms with van der Waals surface area (Å²) in [6.45, 7) is 5.30. The molecule has 0 spiro atoms. The summed E-state index contributed by atoms with van der Waals surface area (Å²) in [4.78, 5) is 32.5. The highest BCUT2D eigenvalue weighted by atomic mass is 16.6. The number of aryl methyl sites for hydroxylation is 1. The minimum absolute atomic E-state index is 0.236. The Morgan fingerprint density at radius 3 is 2.57 bits per heavy atom. The van der Waals surface area contributed by atoms with Crippen LogP contribution in [0.25, 0.3) is 22.0 Å². The summed E-state index contributed by atoms with van der Waals surface area (Å²) in [5, 5.41) is 3.98. The maximum absolute atomic E-state index is 13.5. The molecule has 1 fully saturated rings. The lowest BCUT2D eigenvalue weighted by molar-refractivity contribution is -0.131. The second-order valence-electron chi connectivity index (χ2n) is 11.9. The van der Waals surface area contributed by atoms with Gasteiger partial charge >= 0.3 is 6.03 Å². The number of carbonyl (C=O) groups is 2. The number of rotatable bonds is 9. The van der Waals surface area contributed by atoms with Gasteiger partial charge in [-0.15, -0.1) is 0 Å². The molecule has 0 bridgehead atoms. The largest absolute Gasteiger partial charge is 0.494 e. The molecule has 2 aliphatic heterocycles. The number of benzene rings is 4. The van der Waals surface area contributed by atoms with Gasteiger partial charge in [0.1, 0.15) is 24.5 Å². The molecule has 1 aromatic heterocycles. The fraction of sp³-hybridized carbons (Fsp3) is 0.237. The zero-order valence-electron chi connectivity index (χ0n) is 25.9. The first-order valence-electron chi connectivity index (χ1n) is 15.6. The number of hydrogen-bond donors (Lipinski definition) is 1. The smallest absolute Gasteiger partial charge is 0.325 e. The van der Waals surface area contributed by atoms with Crippen LogP contribution < -0.4 is 19.5 Å². The van der Waals surface area contributed by atoms with E-state index in [9.17, 15) is 9.59 Å². The molecule has 7 rings (SSSR count). The van der Waals surface area contributed by atoms with Crippen molar-refractivity contribution in [2.75, 3.05) is 26.4 Å².